The highest BCUT2D eigenvalue weighted by molar-refractivity contribution is 6.34. The quantitative estimate of drug-likeness (QED) is 0.511. The van der Waals surface area contributed by atoms with Gasteiger partial charge in [-0.1, -0.05) is 49.1 Å². The molecule has 0 aliphatic carbocycles. The van der Waals surface area contributed by atoms with Crippen LogP contribution in [0.15, 0.2) is 60.7 Å². The number of benzene rings is 2. The number of hydrogen-bond donors (Lipinski definition) is 0. The maximum Gasteiger partial charge on any atom is 0.266 e. The minimum Gasteiger partial charge on any atom is -0.296 e. The number of allylic oxidation sites excluding steroid dienone is 1. The molecule has 0 aromatic heterocycles. The van der Waals surface area contributed by atoms with Gasteiger partial charge in [0.1, 0.15) is 0 Å². The maximum absolute atomic E-state index is 12.7. The number of hydrogen-bond acceptors (Lipinski definition) is 3. The van der Waals surface area contributed by atoms with Crippen molar-refractivity contribution in [3.63, 3.8) is 0 Å². The smallest absolute Gasteiger partial charge is 0.266 e. The minimum absolute atomic E-state index is 0.000671. The van der Waals surface area contributed by atoms with Gasteiger partial charge >= 0.3 is 0 Å². The average Bonchev–Trinajstić information content (AvgIpc) is 2.97. The Morgan fingerprint density at radius 3 is 2.27 bits per heavy atom. The van der Waals surface area contributed by atoms with Crippen molar-refractivity contribution in [3.05, 3.63) is 77.4 Å². The van der Waals surface area contributed by atoms with Gasteiger partial charge in [0.05, 0.1) is 16.8 Å². The SMILES string of the molecule is CCN(CC=CC#CC(C)(C)C)Cc1cccc(N2C(=O)c3ccccc3C2=O)c1. The first kappa shape index (κ1) is 21.5. The van der Waals surface area contributed by atoms with Gasteiger partial charge in [-0.3, -0.25) is 14.5 Å². The Bertz CT molecular complexity index is 1000. The van der Waals surface area contributed by atoms with Crippen LogP contribution in [-0.2, 0) is 6.54 Å². The van der Waals surface area contributed by atoms with Crippen LogP contribution in [-0.4, -0.2) is 29.8 Å². The number of carbonyl (C=O) groups is 2. The molecule has 0 atom stereocenters. The first-order valence-electron chi connectivity index (χ1n) is 10.3. The molecule has 0 bridgehead atoms. The van der Waals surface area contributed by atoms with Crippen molar-refractivity contribution in [1.29, 1.82) is 0 Å². The Hall–Kier alpha value is -3.16. The third-order valence-corrected chi connectivity index (χ3v) is 4.83. The van der Waals surface area contributed by atoms with Crippen LogP contribution in [0.5, 0.6) is 0 Å². The van der Waals surface area contributed by atoms with Gasteiger partial charge in [0.15, 0.2) is 0 Å². The predicted octanol–water partition coefficient (Wildman–Crippen LogP) is 4.91. The first-order valence-corrected chi connectivity index (χ1v) is 10.3. The molecular formula is C26H28N2O2. The second-order valence-electron chi connectivity index (χ2n) is 8.41. The largest absolute Gasteiger partial charge is 0.296 e. The zero-order chi connectivity index (χ0) is 21.7. The van der Waals surface area contributed by atoms with E-state index in [0.29, 0.717) is 16.8 Å². The van der Waals surface area contributed by atoms with Gasteiger partial charge in [0.2, 0.25) is 0 Å². The molecule has 4 heteroatoms. The molecule has 0 N–H and O–H groups in total. The average molecular weight is 401 g/mol. The van der Waals surface area contributed by atoms with Crippen LogP contribution in [0.4, 0.5) is 5.69 Å². The molecule has 3 rings (SSSR count). The van der Waals surface area contributed by atoms with Crippen molar-refractivity contribution in [3.8, 4) is 11.8 Å². The van der Waals surface area contributed by atoms with Gasteiger partial charge < -0.3 is 0 Å². The lowest BCUT2D eigenvalue weighted by Gasteiger charge is -2.20. The van der Waals surface area contributed by atoms with Gasteiger partial charge in [-0.2, -0.15) is 0 Å². The van der Waals surface area contributed by atoms with Crippen LogP contribution in [0.3, 0.4) is 0 Å². The molecule has 4 nitrogen and oxygen atoms in total. The lowest BCUT2D eigenvalue weighted by Crippen LogP contribution is -2.29. The second-order valence-corrected chi connectivity index (χ2v) is 8.41. The summed E-state index contributed by atoms with van der Waals surface area (Å²) in [5.74, 6) is 5.76. The Kier molecular flexibility index (Phi) is 6.54. The summed E-state index contributed by atoms with van der Waals surface area (Å²) in [7, 11) is 0. The molecule has 0 saturated heterocycles. The molecule has 0 radical (unpaired) electrons. The van der Waals surface area contributed by atoms with Crippen LogP contribution in [0.1, 0.15) is 54.0 Å². The van der Waals surface area contributed by atoms with Crippen LogP contribution in [0.2, 0.25) is 0 Å². The summed E-state index contributed by atoms with van der Waals surface area (Å²) in [5, 5.41) is 0. The van der Waals surface area contributed by atoms with E-state index < -0.39 is 0 Å². The number of amides is 2. The molecule has 1 aliphatic rings. The van der Waals surface area contributed by atoms with Crippen molar-refractivity contribution in [2.45, 2.75) is 34.2 Å². The summed E-state index contributed by atoms with van der Waals surface area (Å²) < 4.78 is 0. The van der Waals surface area contributed by atoms with Gasteiger partial charge in [-0.05, 0) is 63.2 Å². The molecule has 2 aromatic carbocycles. The van der Waals surface area contributed by atoms with Gasteiger partial charge in [-0.15, -0.1) is 0 Å². The highest BCUT2D eigenvalue weighted by Gasteiger charge is 2.36. The lowest BCUT2D eigenvalue weighted by atomic mass is 9.98. The zero-order valence-corrected chi connectivity index (χ0v) is 18.1. The third-order valence-electron chi connectivity index (χ3n) is 4.83. The Balaban J connectivity index is 1.71. The molecule has 30 heavy (non-hydrogen) atoms. The van der Waals surface area contributed by atoms with Gasteiger partial charge in [-0.25, -0.2) is 4.90 Å². The lowest BCUT2D eigenvalue weighted by molar-refractivity contribution is 0.0926. The Labute approximate surface area is 179 Å². The maximum atomic E-state index is 12.7. The molecule has 0 spiro atoms. The van der Waals surface area contributed by atoms with Crippen LogP contribution in [0.25, 0.3) is 0 Å². The zero-order valence-electron chi connectivity index (χ0n) is 18.1. The summed E-state index contributed by atoms with van der Waals surface area (Å²) in [6.45, 7) is 10.8. The molecule has 2 aromatic rings. The molecule has 2 amide bonds. The second kappa shape index (κ2) is 9.11. The van der Waals surface area contributed by atoms with Crippen molar-refractivity contribution in [1.82, 2.24) is 4.90 Å². The third kappa shape index (κ3) is 5.06. The van der Waals surface area contributed by atoms with E-state index in [4.69, 9.17) is 0 Å². The number of rotatable bonds is 6. The highest BCUT2D eigenvalue weighted by Crippen LogP contribution is 2.28. The summed E-state index contributed by atoms with van der Waals surface area (Å²) >= 11 is 0. The van der Waals surface area contributed by atoms with Crippen molar-refractivity contribution >= 4 is 17.5 Å². The van der Waals surface area contributed by atoms with E-state index in [1.165, 1.54) is 4.90 Å². The van der Waals surface area contributed by atoms with Crippen molar-refractivity contribution in [2.24, 2.45) is 5.41 Å². The van der Waals surface area contributed by atoms with E-state index in [1.54, 1.807) is 24.3 Å². The number of likely N-dealkylation sites (N-methyl/N-ethyl adjacent to an activating group) is 1. The topological polar surface area (TPSA) is 40.6 Å². The Morgan fingerprint density at radius 1 is 1.00 bits per heavy atom. The van der Waals surface area contributed by atoms with E-state index in [9.17, 15) is 9.59 Å². The van der Waals surface area contributed by atoms with Crippen LogP contribution >= 0.6 is 0 Å². The molecule has 1 heterocycles. The standard InChI is InChI=1S/C26H28N2O2/c1-5-27(17-10-6-9-16-26(2,3)4)19-20-12-11-13-21(18-20)28-24(29)22-14-7-8-15-23(22)25(28)30/h6-8,10-15,18H,5,17,19H2,1-4H3. The minimum atomic E-state index is -0.263. The predicted molar refractivity (Wildman–Crippen MR) is 121 cm³/mol. The van der Waals surface area contributed by atoms with Crippen LogP contribution in [0, 0.1) is 17.3 Å². The Morgan fingerprint density at radius 2 is 1.67 bits per heavy atom. The van der Waals surface area contributed by atoms with E-state index in [2.05, 4.69) is 50.5 Å². The normalized spacial score (nSPS) is 13.7. The monoisotopic (exact) mass is 400 g/mol. The highest BCUT2D eigenvalue weighted by atomic mass is 16.2. The molecule has 1 aliphatic heterocycles. The molecular weight excluding hydrogens is 372 g/mol. The number of imide groups is 1. The molecule has 154 valence electrons. The van der Waals surface area contributed by atoms with E-state index >= 15 is 0 Å². The van der Waals surface area contributed by atoms with Crippen molar-refractivity contribution < 1.29 is 9.59 Å². The van der Waals surface area contributed by atoms with Gasteiger partial charge in [0.25, 0.3) is 11.8 Å². The van der Waals surface area contributed by atoms with Gasteiger partial charge in [0, 0.05) is 18.5 Å². The summed E-state index contributed by atoms with van der Waals surface area (Å²) in [6.07, 6.45) is 3.97. The van der Waals surface area contributed by atoms with Crippen molar-refractivity contribution in [2.75, 3.05) is 18.0 Å². The van der Waals surface area contributed by atoms with E-state index in [-0.39, 0.29) is 17.2 Å². The molecule has 0 fully saturated rings. The number of anilines is 1. The fourth-order valence-electron chi connectivity index (χ4n) is 3.30. The number of nitrogens with zero attached hydrogens (tertiary/aromatic N) is 2. The summed E-state index contributed by atoms with van der Waals surface area (Å²) in [6, 6.07) is 14.6. The first-order chi connectivity index (χ1) is 14.3. The number of fused-ring (bicyclic) bond motifs is 1. The summed E-state index contributed by atoms with van der Waals surface area (Å²) in [4.78, 5) is 29.0. The fraction of sp³-hybridized carbons (Fsp3) is 0.308. The summed E-state index contributed by atoms with van der Waals surface area (Å²) in [5.41, 5.74) is 2.59. The van der Waals surface area contributed by atoms with E-state index in [0.717, 1.165) is 25.2 Å². The fourth-order valence-corrected chi connectivity index (χ4v) is 3.30. The van der Waals surface area contributed by atoms with E-state index in [1.807, 2.05) is 30.3 Å². The van der Waals surface area contributed by atoms with Crippen LogP contribution < -0.4 is 4.90 Å². The number of carbonyl (C=O) groups excluding carboxylic acids is 2. The molecule has 0 unspecified atom stereocenters. The molecule has 0 saturated carbocycles.